The molecule has 0 radical (unpaired) electrons. The molecule has 1 saturated carbocycles. The molecule has 0 bridgehead atoms. The number of amides is 2. The van der Waals surface area contributed by atoms with Crippen LogP contribution in [0, 0.1) is 11.8 Å². The van der Waals surface area contributed by atoms with Gasteiger partial charge in [0.1, 0.15) is 11.2 Å². The number of guanidine groups is 1. The molecule has 1 saturated heterocycles. The van der Waals surface area contributed by atoms with E-state index < -0.39 is 5.54 Å². The highest BCUT2D eigenvalue weighted by Crippen LogP contribution is 2.39. The predicted octanol–water partition coefficient (Wildman–Crippen LogP) is 3.21. The van der Waals surface area contributed by atoms with Gasteiger partial charge in [0.25, 0.3) is 11.8 Å². The number of aliphatic imine (C=N–C) groups is 1. The van der Waals surface area contributed by atoms with Crippen LogP contribution >= 0.6 is 0 Å². The van der Waals surface area contributed by atoms with Gasteiger partial charge in [-0.05, 0) is 56.1 Å². The summed E-state index contributed by atoms with van der Waals surface area (Å²) in [5, 5.41) is 0. The first-order chi connectivity index (χ1) is 15.0. The Morgan fingerprint density at radius 3 is 2.61 bits per heavy atom. The number of hydrogen-bond acceptors (Lipinski definition) is 5. The van der Waals surface area contributed by atoms with E-state index in [1.165, 1.54) is 37.0 Å². The van der Waals surface area contributed by atoms with Gasteiger partial charge in [0.2, 0.25) is 0 Å². The second-order valence-corrected chi connectivity index (χ2v) is 9.59. The highest BCUT2D eigenvalue weighted by molar-refractivity contribution is 6.06. The van der Waals surface area contributed by atoms with Gasteiger partial charge in [-0.3, -0.25) is 19.5 Å². The SMILES string of the molecule is CN1C(=O)[C@](CCC2CCCCC2)(CC2CCCN(C(=O)c3ccccn3)C2)N=C1N. The van der Waals surface area contributed by atoms with Crippen molar-refractivity contribution >= 4 is 17.8 Å². The summed E-state index contributed by atoms with van der Waals surface area (Å²) in [6, 6.07) is 5.42. The Labute approximate surface area is 185 Å². The zero-order valence-electron chi connectivity index (χ0n) is 18.6. The number of aromatic nitrogens is 1. The Bertz CT molecular complexity index is 821. The number of nitrogens with zero attached hydrogens (tertiary/aromatic N) is 4. The van der Waals surface area contributed by atoms with Gasteiger partial charge in [-0.2, -0.15) is 0 Å². The Hall–Kier alpha value is -2.44. The lowest BCUT2D eigenvalue weighted by Crippen LogP contribution is -2.47. The summed E-state index contributed by atoms with van der Waals surface area (Å²) < 4.78 is 0. The Balaban J connectivity index is 1.46. The minimum absolute atomic E-state index is 0.0222. The molecule has 1 unspecified atom stereocenters. The third-order valence-corrected chi connectivity index (χ3v) is 7.38. The molecule has 168 valence electrons. The fraction of sp³-hybridized carbons (Fsp3) is 0.667. The Morgan fingerprint density at radius 1 is 1.16 bits per heavy atom. The summed E-state index contributed by atoms with van der Waals surface area (Å²) in [7, 11) is 1.72. The number of carbonyl (C=O) groups excluding carboxylic acids is 2. The van der Waals surface area contributed by atoms with E-state index in [1.54, 1.807) is 19.3 Å². The minimum Gasteiger partial charge on any atom is -0.369 e. The number of piperidine rings is 1. The normalized spacial score (nSPS) is 27.5. The summed E-state index contributed by atoms with van der Waals surface area (Å²) in [5.41, 5.74) is 5.81. The van der Waals surface area contributed by atoms with Crippen LogP contribution in [0.5, 0.6) is 0 Å². The lowest BCUT2D eigenvalue weighted by atomic mass is 9.77. The molecular weight excluding hydrogens is 390 g/mol. The lowest BCUT2D eigenvalue weighted by Gasteiger charge is -2.37. The maximum Gasteiger partial charge on any atom is 0.272 e. The standard InChI is InChI=1S/C24H35N5O2/c1-28-22(31)24(27-23(28)25,13-12-18-8-3-2-4-9-18)16-19-10-7-15-29(17-19)21(30)20-11-5-6-14-26-20/h5-6,11,14,18-19H,2-4,7-10,12-13,15-17H2,1H3,(H2,25,27)/t19?,24-/m0/s1. The molecule has 3 aliphatic rings. The van der Waals surface area contributed by atoms with Crippen molar-refractivity contribution in [3.8, 4) is 0 Å². The van der Waals surface area contributed by atoms with Crippen LogP contribution in [0.1, 0.15) is 74.7 Å². The van der Waals surface area contributed by atoms with Gasteiger partial charge in [-0.15, -0.1) is 0 Å². The van der Waals surface area contributed by atoms with Crippen molar-refractivity contribution < 1.29 is 9.59 Å². The van der Waals surface area contributed by atoms with E-state index in [9.17, 15) is 9.59 Å². The van der Waals surface area contributed by atoms with E-state index in [2.05, 4.69) is 4.98 Å². The monoisotopic (exact) mass is 425 g/mol. The van der Waals surface area contributed by atoms with Crippen molar-refractivity contribution in [1.29, 1.82) is 0 Å². The lowest BCUT2D eigenvalue weighted by molar-refractivity contribution is -0.131. The van der Waals surface area contributed by atoms with E-state index in [0.717, 1.165) is 32.2 Å². The number of hydrogen-bond donors (Lipinski definition) is 1. The number of likely N-dealkylation sites (tertiary alicyclic amines) is 1. The van der Waals surface area contributed by atoms with Crippen LogP contribution in [0.3, 0.4) is 0 Å². The molecule has 4 rings (SSSR count). The van der Waals surface area contributed by atoms with Crippen molar-refractivity contribution in [2.24, 2.45) is 22.6 Å². The van der Waals surface area contributed by atoms with E-state index in [0.29, 0.717) is 30.5 Å². The van der Waals surface area contributed by atoms with Gasteiger partial charge in [-0.25, -0.2) is 4.99 Å². The highest BCUT2D eigenvalue weighted by atomic mass is 16.2. The first-order valence-electron chi connectivity index (χ1n) is 11.8. The van der Waals surface area contributed by atoms with Crippen LogP contribution in [0.4, 0.5) is 0 Å². The van der Waals surface area contributed by atoms with Gasteiger partial charge in [0.15, 0.2) is 5.96 Å². The number of carbonyl (C=O) groups is 2. The number of rotatable bonds is 6. The van der Waals surface area contributed by atoms with Gasteiger partial charge >= 0.3 is 0 Å². The maximum absolute atomic E-state index is 13.3. The topological polar surface area (TPSA) is 91.9 Å². The van der Waals surface area contributed by atoms with Gasteiger partial charge < -0.3 is 10.6 Å². The van der Waals surface area contributed by atoms with E-state index >= 15 is 0 Å². The van der Waals surface area contributed by atoms with Crippen LogP contribution in [0.25, 0.3) is 0 Å². The number of nitrogens with two attached hydrogens (primary N) is 1. The molecule has 2 atom stereocenters. The second-order valence-electron chi connectivity index (χ2n) is 9.59. The predicted molar refractivity (Wildman–Crippen MR) is 120 cm³/mol. The third kappa shape index (κ3) is 4.75. The first-order valence-corrected chi connectivity index (χ1v) is 11.8. The van der Waals surface area contributed by atoms with Crippen LogP contribution in [0.2, 0.25) is 0 Å². The largest absolute Gasteiger partial charge is 0.369 e. The fourth-order valence-electron chi connectivity index (χ4n) is 5.62. The first kappa shape index (κ1) is 21.8. The summed E-state index contributed by atoms with van der Waals surface area (Å²) >= 11 is 0. The molecule has 2 aliphatic heterocycles. The molecule has 2 fully saturated rings. The third-order valence-electron chi connectivity index (χ3n) is 7.38. The van der Waals surface area contributed by atoms with Crippen LogP contribution < -0.4 is 5.73 Å². The summed E-state index contributed by atoms with van der Waals surface area (Å²) in [4.78, 5) is 38.5. The Kier molecular flexibility index (Phi) is 6.58. The fourth-order valence-corrected chi connectivity index (χ4v) is 5.62. The number of pyridine rings is 1. The van der Waals surface area contributed by atoms with E-state index in [4.69, 9.17) is 10.7 Å². The number of likely N-dealkylation sites (N-methyl/N-ethyl adjacent to an activating group) is 1. The molecule has 1 aromatic rings. The minimum atomic E-state index is -0.766. The molecule has 7 heteroatoms. The zero-order chi connectivity index (χ0) is 21.8. The average molecular weight is 426 g/mol. The molecule has 2 amide bonds. The van der Waals surface area contributed by atoms with Gasteiger partial charge in [-0.1, -0.05) is 38.2 Å². The van der Waals surface area contributed by atoms with E-state index in [-0.39, 0.29) is 17.7 Å². The molecule has 31 heavy (non-hydrogen) atoms. The summed E-state index contributed by atoms with van der Waals surface area (Å²) in [6.45, 7) is 1.38. The van der Waals surface area contributed by atoms with Crippen LogP contribution in [0.15, 0.2) is 29.4 Å². The highest BCUT2D eigenvalue weighted by Gasteiger charge is 2.48. The van der Waals surface area contributed by atoms with Crippen molar-refractivity contribution in [2.45, 2.75) is 69.7 Å². The molecule has 7 nitrogen and oxygen atoms in total. The molecular formula is C24H35N5O2. The quantitative estimate of drug-likeness (QED) is 0.757. The van der Waals surface area contributed by atoms with Crippen molar-refractivity contribution in [3.05, 3.63) is 30.1 Å². The van der Waals surface area contributed by atoms with Gasteiger partial charge in [0.05, 0.1) is 0 Å². The Morgan fingerprint density at radius 2 is 1.94 bits per heavy atom. The molecule has 0 spiro atoms. The van der Waals surface area contributed by atoms with Crippen molar-refractivity contribution in [3.63, 3.8) is 0 Å². The zero-order valence-corrected chi connectivity index (χ0v) is 18.6. The van der Waals surface area contributed by atoms with E-state index in [1.807, 2.05) is 17.0 Å². The second kappa shape index (κ2) is 9.37. The van der Waals surface area contributed by atoms with Crippen LogP contribution in [-0.2, 0) is 4.79 Å². The molecule has 3 heterocycles. The smallest absolute Gasteiger partial charge is 0.272 e. The maximum atomic E-state index is 13.3. The molecule has 1 aromatic heterocycles. The summed E-state index contributed by atoms with van der Waals surface area (Å²) in [5.74, 6) is 1.24. The summed E-state index contributed by atoms with van der Waals surface area (Å²) in [6.07, 6.45) is 12.5. The molecule has 0 aromatic carbocycles. The molecule has 1 aliphatic carbocycles. The van der Waals surface area contributed by atoms with Crippen molar-refractivity contribution in [2.75, 3.05) is 20.1 Å². The van der Waals surface area contributed by atoms with Crippen LogP contribution in [-0.4, -0.2) is 58.2 Å². The van der Waals surface area contributed by atoms with Crippen molar-refractivity contribution in [1.82, 2.24) is 14.8 Å². The van der Waals surface area contributed by atoms with Gasteiger partial charge in [0, 0.05) is 26.3 Å². The average Bonchev–Trinajstić information content (AvgIpc) is 3.02. The molecule has 2 N–H and O–H groups in total.